The fraction of sp³-hybridized carbons (Fsp3) is 0.423. The number of aromatic nitrogens is 1. The molecule has 7 nitrogen and oxygen atoms in total. The zero-order valence-corrected chi connectivity index (χ0v) is 20.0. The van der Waals surface area contributed by atoms with E-state index in [1.165, 1.54) is 22.0 Å². The predicted octanol–water partition coefficient (Wildman–Crippen LogP) is 4.91. The molecule has 0 saturated carbocycles. The minimum Gasteiger partial charge on any atom is -0.496 e. The molecule has 33 heavy (non-hydrogen) atoms. The lowest BCUT2D eigenvalue weighted by molar-refractivity contribution is 0.0125. The van der Waals surface area contributed by atoms with Gasteiger partial charge in [0.15, 0.2) is 0 Å². The van der Waals surface area contributed by atoms with Crippen molar-refractivity contribution in [1.82, 2.24) is 9.88 Å². The summed E-state index contributed by atoms with van der Waals surface area (Å²) in [6.45, 7) is 8.14. The Bertz CT molecular complexity index is 1050. The van der Waals surface area contributed by atoms with Gasteiger partial charge in [0.25, 0.3) is 0 Å². The summed E-state index contributed by atoms with van der Waals surface area (Å²) in [5, 5.41) is 12.7. The zero-order valence-electron chi connectivity index (χ0n) is 20.0. The quantitative estimate of drug-likeness (QED) is 0.471. The molecule has 178 valence electrons. The average molecular weight is 454 g/mol. The Morgan fingerprint density at radius 1 is 1.24 bits per heavy atom. The van der Waals surface area contributed by atoms with Crippen molar-refractivity contribution in [3.63, 3.8) is 0 Å². The summed E-state index contributed by atoms with van der Waals surface area (Å²) in [5.74, 6) is 0.0960. The monoisotopic (exact) mass is 453 g/mol. The van der Waals surface area contributed by atoms with Gasteiger partial charge in [0.1, 0.15) is 5.75 Å². The Morgan fingerprint density at radius 3 is 2.64 bits per heavy atom. The number of piperidine rings is 1. The summed E-state index contributed by atoms with van der Waals surface area (Å²) in [7, 11) is 3.51. The number of carboxylic acid groups (broad SMARTS) is 1. The molecule has 7 heteroatoms. The standard InChI is InChI=1S/C18H26N2O2.C8H9NO2/c1-4-22-14-6-9-20(10-7-14)12-16-15-5-8-19-18(15)13(2)11-17(16)21-3;1-9-7-4-2-3-6(5-7)8(10)11/h5,8,11,14,19H,4,6-7,9-10,12H2,1-3H3;2-5,9H,1H3,(H,10,11). The molecule has 0 radical (unpaired) electrons. The maximum absolute atomic E-state index is 10.4. The highest BCUT2D eigenvalue weighted by Gasteiger charge is 2.21. The minimum absolute atomic E-state index is 0.303. The number of hydrogen-bond acceptors (Lipinski definition) is 5. The van der Waals surface area contributed by atoms with E-state index in [0.29, 0.717) is 11.7 Å². The van der Waals surface area contributed by atoms with Crippen molar-refractivity contribution in [3.05, 3.63) is 59.3 Å². The number of aryl methyl sites for hydroxylation is 1. The lowest BCUT2D eigenvalue weighted by Gasteiger charge is -2.32. The first-order chi connectivity index (χ1) is 16.0. The number of benzene rings is 2. The van der Waals surface area contributed by atoms with Crippen LogP contribution in [0.3, 0.4) is 0 Å². The van der Waals surface area contributed by atoms with Gasteiger partial charge in [-0.2, -0.15) is 0 Å². The third-order valence-corrected chi connectivity index (χ3v) is 6.05. The van der Waals surface area contributed by atoms with Crippen LogP contribution in [-0.2, 0) is 11.3 Å². The number of methoxy groups -OCH3 is 1. The Kier molecular flexibility index (Phi) is 8.74. The molecule has 2 aromatic carbocycles. The SMILES string of the molecule is CCOC1CCN(Cc2c(OC)cc(C)c3[nH]ccc23)CC1.CNc1cccc(C(=O)O)c1. The van der Waals surface area contributed by atoms with E-state index in [-0.39, 0.29) is 0 Å². The topological polar surface area (TPSA) is 86.8 Å². The first-order valence-corrected chi connectivity index (χ1v) is 11.4. The summed E-state index contributed by atoms with van der Waals surface area (Å²) < 4.78 is 11.4. The predicted molar refractivity (Wildman–Crippen MR) is 132 cm³/mol. The van der Waals surface area contributed by atoms with Gasteiger partial charge in [-0.15, -0.1) is 0 Å². The first-order valence-electron chi connectivity index (χ1n) is 11.4. The number of carboxylic acids is 1. The van der Waals surface area contributed by atoms with Crippen LogP contribution in [0.5, 0.6) is 5.75 Å². The van der Waals surface area contributed by atoms with E-state index < -0.39 is 5.97 Å². The second-order valence-corrected chi connectivity index (χ2v) is 8.21. The van der Waals surface area contributed by atoms with Crippen LogP contribution < -0.4 is 10.1 Å². The van der Waals surface area contributed by atoms with Crippen molar-refractivity contribution in [3.8, 4) is 5.75 Å². The van der Waals surface area contributed by atoms with E-state index in [1.54, 1.807) is 32.4 Å². The second-order valence-electron chi connectivity index (χ2n) is 8.21. The number of aromatic amines is 1. The summed E-state index contributed by atoms with van der Waals surface area (Å²) in [4.78, 5) is 16.3. The molecule has 1 aliphatic rings. The number of nitrogens with zero attached hydrogens (tertiary/aromatic N) is 1. The molecule has 1 aliphatic heterocycles. The largest absolute Gasteiger partial charge is 0.496 e. The van der Waals surface area contributed by atoms with E-state index in [9.17, 15) is 4.79 Å². The van der Waals surface area contributed by atoms with E-state index >= 15 is 0 Å². The highest BCUT2D eigenvalue weighted by atomic mass is 16.5. The second kappa shape index (κ2) is 11.7. The summed E-state index contributed by atoms with van der Waals surface area (Å²) in [5.41, 5.74) is 4.86. The van der Waals surface area contributed by atoms with E-state index in [0.717, 1.165) is 50.5 Å². The van der Waals surface area contributed by atoms with E-state index in [1.807, 2.05) is 12.3 Å². The number of carbonyl (C=O) groups is 1. The number of nitrogens with one attached hydrogen (secondary N) is 2. The molecule has 0 bridgehead atoms. The smallest absolute Gasteiger partial charge is 0.335 e. The lowest BCUT2D eigenvalue weighted by atomic mass is 10.0. The van der Waals surface area contributed by atoms with Crippen molar-refractivity contribution in [2.75, 3.05) is 39.2 Å². The Hall–Kier alpha value is -3.03. The number of aromatic carboxylic acids is 1. The maximum Gasteiger partial charge on any atom is 0.335 e. The zero-order chi connectivity index (χ0) is 23.8. The fourth-order valence-corrected chi connectivity index (χ4v) is 4.28. The van der Waals surface area contributed by atoms with Crippen LogP contribution in [0.2, 0.25) is 0 Å². The van der Waals surface area contributed by atoms with Crippen molar-refractivity contribution in [2.24, 2.45) is 0 Å². The van der Waals surface area contributed by atoms with E-state index in [4.69, 9.17) is 14.6 Å². The van der Waals surface area contributed by atoms with Crippen LogP contribution in [0.4, 0.5) is 5.69 Å². The number of fused-ring (bicyclic) bond motifs is 1. The Balaban J connectivity index is 0.000000235. The summed E-state index contributed by atoms with van der Waals surface area (Å²) in [6.07, 6.45) is 4.70. The highest BCUT2D eigenvalue weighted by molar-refractivity contribution is 5.89. The average Bonchev–Trinajstić information content (AvgIpc) is 3.33. The lowest BCUT2D eigenvalue weighted by Crippen LogP contribution is -2.36. The Labute approximate surface area is 195 Å². The van der Waals surface area contributed by atoms with E-state index in [2.05, 4.69) is 41.2 Å². The van der Waals surface area contributed by atoms with Crippen molar-refractivity contribution in [1.29, 1.82) is 0 Å². The molecule has 4 rings (SSSR count). The van der Waals surface area contributed by atoms with Gasteiger partial charge in [-0.25, -0.2) is 4.79 Å². The van der Waals surface area contributed by atoms with Crippen LogP contribution in [0.25, 0.3) is 10.9 Å². The molecule has 0 atom stereocenters. The Morgan fingerprint density at radius 2 is 2.00 bits per heavy atom. The molecule has 3 aromatic rings. The molecule has 3 N–H and O–H groups in total. The minimum atomic E-state index is -0.901. The van der Waals surface area contributed by atoms with Crippen molar-refractivity contribution in [2.45, 2.75) is 39.3 Å². The van der Waals surface area contributed by atoms with Crippen LogP contribution in [0.15, 0.2) is 42.6 Å². The van der Waals surface area contributed by atoms with Crippen LogP contribution >= 0.6 is 0 Å². The summed E-state index contributed by atoms with van der Waals surface area (Å²) in [6, 6.07) is 11.0. The van der Waals surface area contributed by atoms with Crippen LogP contribution in [-0.4, -0.2) is 60.9 Å². The molecule has 2 heterocycles. The molecular weight excluding hydrogens is 418 g/mol. The number of H-pyrrole nitrogens is 1. The molecular formula is C26H35N3O4. The van der Waals surface area contributed by atoms with Gasteiger partial charge in [0.05, 0.1) is 18.8 Å². The highest BCUT2D eigenvalue weighted by Crippen LogP contribution is 2.32. The fourth-order valence-electron chi connectivity index (χ4n) is 4.28. The van der Waals surface area contributed by atoms with Crippen molar-refractivity contribution < 1.29 is 19.4 Å². The maximum atomic E-state index is 10.4. The van der Waals surface area contributed by atoms with Gasteiger partial charge >= 0.3 is 5.97 Å². The van der Waals surface area contributed by atoms with Gasteiger partial charge in [0.2, 0.25) is 0 Å². The third kappa shape index (κ3) is 6.27. The van der Waals surface area contributed by atoms with Gasteiger partial charge in [-0.05, 0) is 62.6 Å². The van der Waals surface area contributed by atoms with Gasteiger partial charge in [-0.3, -0.25) is 4.90 Å². The van der Waals surface area contributed by atoms with Gasteiger partial charge in [-0.1, -0.05) is 6.07 Å². The molecule has 1 aromatic heterocycles. The number of rotatable bonds is 7. The number of likely N-dealkylation sites (tertiary alicyclic amines) is 1. The molecule has 1 fully saturated rings. The number of anilines is 1. The van der Waals surface area contributed by atoms with Gasteiger partial charge in [0, 0.05) is 61.6 Å². The molecule has 0 unspecified atom stereocenters. The van der Waals surface area contributed by atoms with Crippen LogP contribution in [0, 0.1) is 6.92 Å². The normalized spacial score (nSPS) is 14.5. The number of ether oxygens (including phenoxy) is 2. The van der Waals surface area contributed by atoms with Crippen LogP contribution in [0.1, 0.15) is 41.3 Å². The third-order valence-electron chi connectivity index (χ3n) is 6.05. The molecule has 0 amide bonds. The van der Waals surface area contributed by atoms with Crippen molar-refractivity contribution >= 4 is 22.6 Å². The number of hydrogen-bond donors (Lipinski definition) is 3. The van der Waals surface area contributed by atoms with Gasteiger partial charge < -0.3 is 24.9 Å². The molecule has 0 aliphatic carbocycles. The molecule has 0 spiro atoms. The first kappa shape index (κ1) is 24.6. The summed E-state index contributed by atoms with van der Waals surface area (Å²) >= 11 is 0. The molecule has 1 saturated heterocycles.